The first kappa shape index (κ1) is 19.6. The topological polar surface area (TPSA) is 20.2 Å². The summed E-state index contributed by atoms with van der Waals surface area (Å²) in [6, 6.07) is 37.9. The van der Waals surface area contributed by atoms with Gasteiger partial charge in [-0.3, -0.25) is 0 Å². The number of halogens is 1. The zero-order valence-corrected chi connectivity index (χ0v) is 19.8. The van der Waals surface area contributed by atoms with Crippen molar-refractivity contribution in [3.8, 4) is 16.9 Å². The van der Waals surface area contributed by atoms with Crippen LogP contribution < -0.4 is 0 Å². The minimum absolute atomic E-state index is 0.297. The highest BCUT2D eigenvalue weighted by Crippen LogP contribution is 2.49. The first-order chi connectivity index (χ1) is 16.7. The Morgan fingerprint density at radius 2 is 0.765 bits per heavy atom. The van der Waals surface area contributed by atoms with Crippen LogP contribution in [0, 0.1) is 0 Å². The molecule has 2 heteroatoms. The fraction of sp³-hybridized carbons (Fsp3) is 0. The second-order valence-corrected chi connectivity index (χ2v) is 9.55. The van der Waals surface area contributed by atoms with Gasteiger partial charge in [0.15, 0.2) is 0 Å². The van der Waals surface area contributed by atoms with Gasteiger partial charge in [-0.05, 0) is 70.5 Å². The number of rotatable bonds is 1. The van der Waals surface area contributed by atoms with Crippen molar-refractivity contribution in [1.82, 2.24) is 0 Å². The van der Waals surface area contributed by atoms with E-state index in [4.69, 9.17) is 0 Å². The van der Waals surface area contributed by atoms with Crippen molar-refractivity contribution in [2.75, 3.05) is 0 Å². The van der Waals surface area contributed by atoms with Crippen molar-refractivity contribution in [2.24, 2.45) is 0 Å². The van der Waals surface area contributed by atoms with Crippen molar-refractivity contribution in [2.45, 2.75) is 0 Å². The molecule has 0 unspecified atom stereocenters. The van der Waals surface area contributed by atoms with Crippen molar-refractivity contribution < 1.29 is 5.11 Å². The Kier molecular flexibility index (Phi) is 4.21. The van der Waals surface area contributed by atoms with Gasteiger partial charge in [0.2, 0.25) is 0 Å². The van der Waals surface area contributed by atoms with E-state index >= 15 is 0 Å². The van der Waals surface area contributed by atoms with Crippen LogP contribution in [0.3, 0.4) is 0 Å². The molecule has 1 nitrogen and oxygen atoms in total. The van der Waals surface area contributed by atoms with E-state index in [1.807, 2.05) is 6.07 Å². The maximum absolute atomic E-state index is 11.5. The molecule has 0 spiro atoms. The van der Waals surface area contributed by atoms with E-state index in [0.717, 1.165) is 53.3 Å². The predicted molar refractivity (Wildman–Crippen MR) is 149 cm³/mol. The van der Waals surface area contributed by atoms with Gasteiger partial charge in [-0.15, -0.1) is 0 Å². The van der Waals surface area contributed by atoms with Gasteiger partial charge in [-0.25, -0.2) is 0 Å². The highest BCUT2D eigenvalue weighted by atomic mass is 79.9. The number of phenols is 1. The Morgan fingerprint density at radius 1 is 0.382 bits per heavy atom. The normalized spacial score (nSPS) is 11.8. The number of hydrogen-bond donors (Lipinski definition) is 1. The lowest BCUT2D eigenvalue weighted by Crippen LogP contribution is -1.91. The highest BCUT2D eigenvalue weighted by Gasteiger charge is 2.21. The smallest absolute Gasteiger partial charge is 0.124 e. The summed E-state index contributed by atoms with van der Waals surface area (Å²) in [5, 5.41) is 23.0. The fourth-order valence-corrected chi connectivity index (χ4v) is 6.27. The zero-order valence-electron chi connectivity index (χ0n) is 18.2. The Morgan fingerprint density at radius 3 is 1.29 bits per heavy atom. The summed E-state index contributed by atoms with van der Waals surface area (Å²) in [7, 11) is 0. The van der Waals surface area contributed by atoms with Gasteiger partial charge >= 0.3 is 0 Å². The third-order valence-electron chi connectivity index (χ3n) is 7.00. The lowest BCUT2D eigenvalue weighted by Gasteiger charge is -2.19. The molecule has 1 N–H and O–H groups in total. The molecule has 34 heavy (non-hydrogen) atoms. The minimum Gasteiger partial charge on any atom is -0.507 e. The van der Waals surface area contributed by atoms with Gasteiger partial charge in [0, 0.05) is 21.0 Å². The molecule has 0 saturated carbocycles. The summed E-state index contributed by atoms with van der Waals surface area (Å²) in [6.07, 6.45) is 0. The Hall–Kier alpha value is -3.88. The van der Waals surface area contributed by atoms with Gasteiger partial charge in [0.25, 0.3) is 0 Å². The first-order valence-electron chi connectivity index (χ1n) is 11.4. The molecule has 0 fully saturated rings. The zero-order chi connectivity index (χ0) is 22.8. The lowest BCUT2D eigenvalue weighted by molar-refractivity contribution is 0.478. The van der Waals surface area contributed by atoms with E-state index < -0.39 is 0 Å². The van der Waals surface area contributed by atoms with Gasteiger partial charge < -0.3 is 5.11 Å². The minimum atomic E-state index is 0.297. The van der Waals surface area contributed by atoms with E-state index in [2.05, 4.69) is 119 Å². The van der Waals surface area contributed by atoms with Crippen molar-refractivity contribution >= 4 is 69.8 Å². The maximum atomic E-state index is 11.5. The third kappa shape index (κ3) is 2.60. The summed E-state index contributed by atoms with van der Waals surface area (Å²) >= 11 is 3.87. The number of aromatic hydroxyl groups is 1. The van der Waals surface area contributed by atoms with Crippen LogP contribution in [0.15, 0.2) is 114 Å². The van der Waals surface area contributed by atoms with Crippen LogP contribution in [-0.4, -0.2) is 5.11 Å². The van der Waals surface area contributed by atoms with E-state index in [-0.39, 0.29) is 0 Å². The molecule has 0 saturated heterocycles. The monoisotopic (exact) mass is 498 g/mol. The molecule has 0 radical (unpaired) electrons. The van der Waals surface area contributed by atoms with Crippen LogP contribution in [0.5, 0.6) is 5.75 Å². The molecule has 0 aliphatic rings. The average Bonchev–Trinajstić information content (AvgIpc) is 2.90. The van der Waals surface area contributed by atoms with Crippen LogP contribution in [0.4, 0.5) is 0 Å². The molecule has 0 atom stereocenters. The number of benzene rings is 7. The predicted octanol–water partition coefficient (Wildman–Crippen LogP) is 9.59. The Balaban J connectivity index is 1.82. The van der Waals surface area contributed by atoms with Gasteiger partial charge in [-0.2, -0.15) is 0 Å². The molecule has 0 aliphatic carbocycles. The van der Waals surface area contributed by atoms with Crippen LogP contribution in [0.25, 0.3) is 65.0 Å². The van der Waals surface area contributed by atoms with E-state index in [9.17, 15) is 5.11 Å². The molecular weight excluding hydrogens is 480 g/mol. The second-order valence-electron chi connectivity index (χ2n) is 8.75. The number of phenolic OH excluding ortho intramolecular Hbond substituents is 1. The van der Waals surface area contributed by atoms with Gasteiger partial charge in [0.1, 0.15) is 5.75 Å². The number of hydrogen-bond acceptors (Lipinski definition) is 1. The van der Waals surface area contributed by atoms with Crippen LogP contribution in [-0.2, 0) is 0 Å². The maximum Gasteiger partial charge on any atom is 0.124 e. The van der Waals surface area contributed by atoms with Crippen molar-refractivity contribution in [3.63, 3.8) is 0 Å². The van der Waals surface area contributed by atoms with Crippen molar-refractivity contribution in [3.05, 3.63) is 114 Å². The van der Waals surface area contributed by atoms with E-state index in [1.54, 1.807) is 0 Å². The molecule has 160 valence electrons. The quantitative estimate of drug-likeness (QED) is 0.176. The van der Waals surface area contributed by atoms with Crippen LogP contribution >= 0.6 is 15.9 Å². The molecular formula is C32H19BrO. The molecule has 7 rings (SSSR count). The number of fused-ring (bicyclic) bond motifs is 8. The van der Waals surface area contributed by atoms with Crippen molar-refractivity contribution in [1.29, 1.82) is 0 Å². The van der Waals surface area contributed by atoms with Crippen LogP contribution in [0.1, 0.15) is 0 Å². The third-order valence-corrected chi connectivity index (χ3v) is 7.86. The SMILES string of the molecule is Oc1ccc2c3ccccc3c3ccccc3c2c1-c1c2ccccc2c(Br)c2ccccc12. The standard InChI is InChI=1S/C32H19BrO/c33-32-26-15-7-5-13-23(26)30(24-14-6-8-16-27(24)32)31-28(34)18-17-25-21-11-2-1-9-19(21)20-10-3-4-12-22(20)29(25)31/h1-18,34H. The lowest BCUT2D eigenvalue weighted by atomic mass is 9.85. The molecule has 0 heterocycles. The van der Waals surface area contributed by atoms with Crippen LogP contribution in [0.2, 0.25) is 0 Å². The second kappa shape index (κ2) is 7.31. The Labute approximate surface area is 205 Å². The van der Waals surface area contributed by atoms with Gasteiger partial charge in [-0.1, -0.05) is 103 Å². The largest absolute Gasteiger partial charge is 0.507 e. The van der Waals surface area contributed by atoms with Gasteiger partial charge in [0.05, 0.1) is 0 Å². The molecule has 0 amide bonds. The van der Waals surface area contributed by atoms with E-state index in [1.165, 1.54) is 16.2 Å². The summed E-state index contributed by atoms with van der Waals surface area (Å²) in [6.45, 7) is 0. The summed E-state index contributed by atoms with van der Waals surface area (Å²) in [4.78, 5) is 0. The van der Waals surface area contributed by atoms with E-state index in [0.29, 0.717) is 5.75 Å². The Bertz CT molecular complexity index is 1840. The first-order valence-corrected chi connectivity index (χ1v) is 12.2. The average molecular weight is 499 g/mol. The molecule has 7 aromatic carbocycles. The molecule has 0 bridgehead atoms. The fourth-order valence-electron chi connectivity index (χ4n) is 5.58. The highest BCUT2D eigenvalue weighted by molar-refractivity contribution is 9.10. The molecule has 0 aliphatic heterocycles. The summed E-state index contributed by atoms with van der Waals surface area (Å²) in [5.74, 6) is 0.297. The summed E-state index contributed by atoms with van der Waals surface area (Å²) in [5.41, 5.74) is 1.96. The molecule has 7 aromatic rings. The molecule has 0 aromatic heterocycles. The summed E-state index contributed by atoms with van der Waals surface area (Å²) < 4.78 is 1.08.